The van der Waals surface area contributed by atoms with Gasteiger partial charge >= 0.3 is 0 Å². The molecule has 2 nitrogen and oxygen atoms in total. The molecule has 0 aromatic heterocycles. The molecule has 0 fully saturated rings. The number of hydrogen-bond acceptors (Lipinski definition) is 2. The molecule has 0 saturated carbocycles. The first-order valence-corrected chi connectivity index (χ1v) is 10.7. The SMILES string of the molecule is CC.CCCCCCCCCCCCN(C)CCOc1ccccc1. The van der Waals surface area contributed by atoms with Crippen molar-refractivity contribution in [3.63, 3.8) is 0 Å². The van der Waals surface area contributed by atoms with Gasteiger partial charge in [0.15, 0.2) is 0 Å². The Morgan fingerprint density at radius 3 is 1.80 bits per heavy atom. The van der Waals surface area contributed by atoms with Gasteiger partial charge in [-0.15, -0.1) is 0 Å². The normalized spacial score (nSPS) is 10.4. The summed E-state index contributed by atoms with van der Waals surface area (Å²) in [5, 5.41) is 0. The average Bonchev–Trinajstić information content (AvgIpc) is 2.66. The van der Waals surface area contributed by atoms with E-state index in [-0.39, 0.29) is 0 Å². The van der Waals surface area contributed by atoms with Gasteiger partial charge in [0, 0.05) is 6.54 Å². The van der Waals surface area contributed by atoms with Crippen LogP contribution in [0.5, 0.6) is 5.75 Å². The minimum Gasteiger partial charge on any atom is -0.492 e. The molecule has 1 rings (SSSR count). The van der Waals surface area contributed by atoms with Gasteiger partial charge in [0.25, 0.3) is 0 Å². The van der Waals surface area contributed by atoms with Gasteiger partial charge in [-0.25, -0.2) is 0 Å². The lowest BCUT2D eigenvalue weighted by molar-refractivity contribution is 0.234. The molecule has 0 atom stereocenters. The highest BCUT2D eigenvalue weighted by atomic mass is 16.5. The third-order valence-electron chi connectivity index (χ3n) is 4.38. The molecule has 0 aliphatic rings. The monoisotopic (exact) mass is 349 g/mol. The van der Waals surface area contributed by atoms with Crippen molar-refractivity contribution in [3.05, 3.63) is 30.3 Å². The second-order valence-corrected chi connectivity index (χ2v) is 6.65. The Hall–Kier alpha value is -1.02. The number of rotatable bonds is 15. The molecule has 0 N–H and O–H groups in total. The van der Waals surface area contributed by atoms with Crippen LogP contribution in [-0.4, -0.2) is 31.6 Å². The maximum absolute atomic E-state index is 5.73. The number of ether oxygens (including phenoxy) is 1. The third kappa shape index (κ3) is 16.2. The summed E-state index contributed by atoms with van der Waals surface area (Å²) in [6.45, 7) is 9.25. The molecule has 0 spiro atoms. The molecule has 0 saturated heterocycles. The lowest BCUT2D eigenvalue weighted by Gasteiger charge is -2.16. The first kappa shape index (κ1) is 24.0. The quantitative estimate of drug-likeness (QED) is 0.318. The fraction of sp³-hybridized carbons (Fsp3) is 0.739. The molecule has 1 aromatic carbocycles. The van der Waals surface area contributed by atoms with Crippen molar-refractivity contribution in [2.75, 3.05) is 26.7 Å². The standard InChI is InChI=1S/C21H37NO.C2H6/c1-3-4-5-6-7-8-9-10-11-15-18-22(2)19-20-23-21-16-13-12-14-17-21;1-2/h12-14,16-17H,3-11,15,18-20H2,1-2H3;1-2H3. The largest absolute Gasteiger partial charge is 0.492 e. The number of likely N-dealkylation sites (N-methyl/N-ethyl adjacent to an activating group) is 1. The fourth-order valence-corrected chi connectivity index (χ4v) is 2.82. The zero-order valence-electron chi connectivity index (χ0n) is 17.4. The fourth-order valence-electron chi connectivity index (χ4n) is 2.82. The second kappa shape index (κ2) is 19.3. The molecule has 146 valence electrons. The topological polar surface area (TPSA) is 12.5 Å². The highest BCUT2D eigenvalue weighted by Crippen LogP contribution is 2.11. The number of benzene rings is 1. The van der Waals surface area contributed by atoms with Crippen LogP contribution < -0.4 is 4.74 Å². The highest BCUT2D eigenvalue weighted by molar-refractivity contribution is 5.20. The Balaban J connectivity index is 0.00000277. The molecule has 0 unspecified atom stereocenters. The molecule has 0 heterocycles. The molecular weight excluding hydrogens is 306 g/mol. The van der Waals surface area contributed by atoms with E-state index < -0.39 is 0 Å². The van der Waals surface area contributed by atoms with Crippen LogP contribution >= 0.6 is 0 Å². The Morgan fingerprint density at radius 2 is 1.24 bits per heavy atom. The number of unbranched alkanes of at least 4 members (excludes halogenated alkanes) is 9. The Kier molecular flexibility index (Phi) is 18.5. The molecule has 0 radical (unpaired) electrons. The average molecular weight is 350 g/mol. The highest BCUT2D eigenvalue weighted by Gasteiger charge is 1.99. The van der Waals surface area contributed by atoms with E-state index >= 15 is 0 Å². The molecule has 1 aromatic rings. The van der Waals surface area contributed by atoms with E-state index in [1.54, 1.807) is 0 Å². The van der Waals surface area contributed by atoms with Crippen LogP contribution in [0.15, 0.2) is 30.3 Å². The Morgan fingerprint density at radius 1 is 0.720 bits per heavy atom. The zero-order valence-corrected chi connectivity index (χ0v) is 17.4. The number of para-hydroxylation sites is 1. The van der Waals surface area contributed by atoms with E-state index in [2.05, 4.69) is 18.9 Å². The maximum atomic E-state index is 5.73. The van der Waals surface area contributed by atoms with Crippen molar-refractivity contribution in [2.45, 2.75) is 85.0 Å². The van der Waals surface area contributed by atoms with E-state index in [0.717, 1.165) is 18.9 Å². The van der Waals surface area contributed by atoms with Gasteiger partial charge < -0.3 is 9.64 Å². The Labute approximate surface area is 158 Å². The van der Waals surface area contributed by atoms with Gasteiger partial charge in [-0.3, -0.25) is 0 Å². The molecule has 2 heteroatoms. The second-order valence-electron chi connectivity index (χ2n) is 6.65. The maximum Gasteiger partial charge on any atom is 0.119 e. The van der Waals surface area contributed by atoms with E-state index in [1.807, 2.05) is 44.2 Å². The molecule has 0 aliphatic carbocycles. The van der Waals surface area contributed by atoms with Crippen molar-refractivity contribution < 1.29 is 4.74 Å². The van der Waals surface area contributed by atoms with Crippen LogP contribution in [0.1, 0.15) is 85.0 Å². The van der Waals surface area contributed by atoms with Gasteiger partial charge in [-0.2, -0.15) is 0 Å². The minimum absolute atomic E-state index is 0.776. The van der Waals surface area contributed by atoms with Gasteiger partial charge in [-0.1, -0.05) is 96.8 Å². The van der Waals surface area contributed by atoms with Crippen molar-refractivity contribution in [3.8, 4) is 5.75 Å². The molecular formula is C23H43NO. The van der Waals surface area contributed by atoms with E-state index in [1.165, 1.54) is 70.8 Å². The van der Waals surface area contributed by atoms with Crippen molar-refractivity contribution in [1.82, 2.24) is 4.90 Å². The van der Waals surface area contributed by atoms with Gasteiger partial charge in [0.2, 0.25) is 0 Å². The van der Waals surface area contributed by atoms with Crippen molar-refractivity contribution >= 4 is 0 Å². The summed E-state index contributed by atoms with van der Waals surface area (Å²) in [7, 11) is 2.20. The number of hydrogen-bond donors (Lipinski definition) is 0. The lowest BCUT2D eigenvalue weighted by Crippen LogP contribution is -2.25. The predicted molar refractivity (Wildman–Crippen MR) is 113 cm³/mol. The van der Waals surface area contributed by atoms with Crippen molar-refractivity contribution in [2.24, 2.45) is 0 Å². The lowest BCUT2D eigenvalue weighted by atomic mass is 10.1. The van der Waals surface area contributed by atoms with Crippen molar-refractivity contribution in [1.29, 1.82) is 0 Å². The van der Waals surface area contributed by atoms with Crippen LogP contribution in [0.3, 0.4) is 0 Å². The summed E-state index contributed by atoms with van der Waals surface area (Å²) in [5.41, 5.74) is 0. The van der Waals surface area contributed by atoms with E-state index in [4.69, 9.17) is 4.74 Å². The summed E-state index contributed by atoms with van der Waals surface area (Å²) in [6, 6.07) is 10.1. The van der Waals surface area contributed by atoms with Crippen LogP contribution in [0, 0.1) is 0 Å². The Bertz CT molecular complexity index is 352. The summed E-state index contributed by atoms with van der Waals surface area (Å²) >= 11 is 0. The predicted octanol–water partition coefficient (Wildman–Crippen LogP) is 6.94. The summed E-state index contributed by atoms with van der Waals surface area (Å²) in [5.74, 6) is 0.972. The third-order valence-corrected chi connectivity index (χ3v) is 4.38. The first-order chi connectivity index (χ1) is 12.3. The van der Waals surface area contributed by atoms with E-state index in [9.17, 15) is 0 Å². The molecule has 0 amide bonds. The van der Waals surface area contributed by atoms with E-state index in [0.29, 0.717) is 0 Å². The summed E-state index contributed by atoms with van der Waals surface area (Å²) < 4.78 is 5.73. The molecule has 0 bridgehead atoms. The summed E-state index contributed by atoms with van der Waals surface area (Å²) in [4.78, 5) is 2.38. The van der Waals surface area contributed by atoms with Crippen LogP contribution in [0.4, 0.5) is 0 Å². The minimum atomic E-state index is 0.776. The summed E-state index contributed by atoms with van der Waals surface area (Å²) in [6.07, 6.45) is 14.0. The van der Waals surface area contributed by atoms with Crippen LogP contribution in [0.25, 0.3) is 0 Å². The first-order valence-electron chi connectivity index (χ1n) is 10.7. The van der Waals surface area contributed by atoms with Gasteiger partial charge in [0.05, 0.1) is 0 Å². The number of nitrogens with zero attached hydrogens (tertiary/aromatic N) is 1. The molecule has 25 heavy (non-hydrogen) atoms. The zero-order chi connectivity index (χ0) is 18.6. The van der Waals surface area contributed by atoms with Crippen LogP contribution in [-0.2, 0) is 0 Å². The van der Waals surface area contributed by atoms with Crippen LogP contribution in [0.2, 0.25) is 0 Å². The smallest absolute Gasteiger partial charge is 0.119 e. The molecule has 0 aliphatic heterocycles. The van der Waals surface area contributed by atoms with Gasteiger partial charge in [0.1, 0.15) is 12.4 Å². The van der Waals surface area contributed by atoms with Gasteiger partial charge in [-0.05, 0) is 32.1 Å².